The van der Waals surface area contributed by atoms with Crippen molar-refractivity contribution in [2.24, 2.45) is 0 Å². The van der Waals surface area contributed by atoms with Gasteiger partial charge >= 0.3 is 17.8 Å². The number of allylic oxidation sites excluding steroid dienone is 4. The molecule has 2 aromatic carbocycles. The van der Waals surface area contributed by atoms with Crippen molar-refractivity contribution in [3.05, 3.63) is 104 Å². The molecule has 0 amide bonds. The summed E-state index contributed by atoms with van der Waals surface area (Å²) in [6.07, 6.45) is 0. The molecule has 2 heterocycles. The number of halogens is 6. The van der Waals surface area contributed by atoms with Crippen molar-refractivity contribution in [2.45, 2.75) is 55.0 Å². The number of nitriles is 2. The topological polar surface area (TPSA) is 47.6 Å². The minimum Gasteiger partial charge on any atom is -0.194 e. The molecule has 2 aromatic rings. The van der Waals surface area contributed by atoms with Gasteiger partial charge in [0.25, 0.3) is 0 Å². The zero-order chi connectivity index (χ0) is 29.9. The van der Waals surface area contributed by atoms with E-state index in [4.69, 9.17) is 0 Å². The summed E-state index contributed by atoms with van der Waals surface area (Å²) < 4.78 is 90.6. The van der Waals surface area contributed by atoms with Crippen LogP contribution in [-0.2, 0) is 0 Å². The number of alkyl halides is 6. The van der Waals surface area contributed by atoms with Gasteiger partial charge in [-0.05, 0) is 85.4 Å². The smallest absolute Gasteiger partial charge is 0.194 e. The summed E-state index contributed by atoms with van der Waals surface area (Å²) in [5, 5.41) is 18.4. The highest BCUT2D eigenvalue weighted by Crippen LogP contribution is 2.77. The largest absolute Gasteiger partial charge is 0.380 e. The molecule has 0 radical (unpaired) electrons. The molecule has 4 aliphatic rings. The first-order valence-electron chi connectivity index (χ1n) is 12.5. The molecule has 0 aromatic heterocycles. The normalized spacial score (nSPS) is 28.9. The van der Waals surface area contributed by atoms with E-state index in [1.165, 1.54) is 37.4 Å². The summed E-state index contributed by atoms with van der Waals surface area (Å²) in [6, 6.07) is 16.8. The third-order valence-corrected chi connectivity index (χ3v) is 12.3. The Bertz CT molecular complexity index is 1640. The van der Waals surface area contributed by atoms with E-state index in [9.17, 15) is 10.5 Å². The molecule has 1 saturated carbocycles. The number of hydrogen-bond acceptors (Lipinski definition) is 4. The molecule has 2 atom stereocenters. The van der Waals surface area contributed by atoms with E-state index in [-0.39, 0.29) is 22.3 Å². The first-order valence-corrected chi connectivity index (χ1v) is 14.2. The number of thioether (sulfide) groups is 2. The van der Waals surface area contributed by atoms with E-state index in [1.54, 1.807) is 62.4 Å². The van der Waals surface area contributed by atoms with Gasteiger partial charge in [-0.15, -0.1) is 23.5 Å². The number of nitrogens with zero attached hydrogens (tertiary/aromatic N) is 2. The third kappa shape index (κ3) is 3.18. The molecule has 0 saturated heterocycles. The average molecular weight is 599 g/mol. The number of hydrogen-bond donors (Lipinski definition) is 0. The molecule has 6 rings (SSSR count). The van der Waals surface area contributed by atoms with Gasteiger partial charge in [0.2, 0.25) is 0 Å². The highest BCUT2D eigenvalue weighted by Gasteiger charge is 2.84. The van der Waals surface area contributed by atoms with Gasteiger partial charge in [-0.1, -0.05) is 24.3 Å². The summed E-state index contributed by atoms with van der Waals surface area (Å²) in [5.41, 5.74) is -0.644. The molecule has 41 heavy (non-hydrogen) atoms. The summed E-state index contributed by atoms with van der Waals surface area (Å²) in [6.45, 7) is 6.33. The maximum absolute atomic E-state index is 15.7. The van der Waals surface area contributed by atoms with Crippen molar-refractivity contribution in [1.82, 2.24) is 0 Å². The monoisotopic (exact) mass is 598 g/mol. The fourth-order valence-electron chi connectivity index (χ4n) is 6.46. The standard InChI is InChI=1S/C31H20F6N2S2/c1-15-21-23-24(30(34,35)31(36,37)29(23,32)33)22-16(2)26(20-11-7-18(14-39)8-12-20)41-28(22,4)27(21,3)40-25(15)19-9-5-17(13-38)6-10-19/h5-12H,1-4H3. The van der Waals surface area contributed by atoms with Crippen LogP contribution < -0.4 is 0 Å². The van der Waals surface area contributed by atoms with Gasteiger partial charge < -0.3 is 0 Å². The Balaban J connectivity index is 1.69. The van der Waals surface area contributed by atoms with E-state index < -0.39 is 38.4 Å². The lowest BCUT2D eigenvalue weighted by atomic mass is 9.68. The summed E-state index contributed by atoms with van der Waals surface area (Å²) in [7, 11) is 0. The Morgan fingerprint density at radius 3 is 1.17 bits per heavy atom. The second-order valence-corrected chi connectivity index (χ2v) is 13.6. The summed E-state index contributed by atoms with van der Waals surface area (Å²) in [5.74, 6) is -15.9. The van der Waals surface area contributed by atoms with E-state index in [2.05, 4.69) is 0 Å². The minimum atomic E-state index is -5.64. The molecular formula is C31H20F6N2S2. The van der Waals surface area contributed by atoms with Crippen LogP contribution in [0.25, 0.3) is 9.81 Å². The Morgan fingerprint density at radius 1 is 0.561 bits per heavy atom. The van der Waals surface area contributed by atoms with E-state index in [0.717, 1.165) is 0 Å². The first kappa shape index (κ1) is 27.8. The van der Waals surface area contributed by atoms with Crippen LogP contribution in [0, 0.1) is 22.7 Å². The third-order valence-electron chi connectivity index (χ3n) is 8.63. The summed E-state index contributed by atoms with van der Waals surface area (Å²) >= 11 is 2.39. The molecule has 2 aliphatic carbocycles. The van der Waals surface area contributed by atoms with Crippen molar-refractivity contribution < 1.29 is 26.3 Å². The van der Waals surface area contributed by atoms with Crippen LogP contribution in [0.4, 0.5) is 26.3 Å². The predicted molar refractivity (Wildman–Crippen MR) is 148 cm³/mol. The molecule has 2 nitrogen and oxygen atoms in total. The number of benzene rings is 2. The van der Waals surface area contributed by atoms with Crippen molar-refractivity contribution in [2.75, 3.05) is 0 Å². The Labute approximate surface area is 241 Å². The summed E-state index contributed by atoms with van der Waals surface area (Å²) in [4.78, 5) is 1.00. The van der Waals surface area contributed by atoms with Gasteiger partial charge in [0, 0.05) is 21.0 Å². The molecule has 1 fully saturated rings. The quantitative estimate of drug-likeness (QED) is 0.324. The maximum Gasteiger partial charge on any atom is 0.380 e. The van der Waals surface area contributed by atoms with Crippen molar-refractivity contribution in [1.29, 1.82) is 10.5 Å². The minimum absolute atomic E-state index is 0.202. The van der Waals surface area contributed by atoms with Crippen LogP contribution in [0.15, 0.2) is 82.0 Å². The van der Waals surface area contributed by atoms with E-state index in [0.29, 0.717) is 32.1 Å². The Hall–Kier alpha value is -3.34. The van der Waals surface area contributed by atoms with Crippen LogP contribution in [0.5, 0.6) is 0 Å². The number of fused-ring (bicyclic) bond motifs is 4. The lowest BCUT2D eigenvalue weighted by molar-refractivity contribution is -0.258. The zero-order valence-corrected chi connectivity index (χ0v) is 23.7. The molecule has 208 valence electrons. The van der Waals surface area contributed by atoms with Crippen LogP contribution in [0.2, 0.25) is 0 Å². The fourth-order valence-corrected chi connectivity index (χ4v) is 9.85. The van der Waals surface area contributed by atoms with Crippen LogP contribution in [0.3, 0.4) is 0 Å². The second-order valence-electron chi connectivity index (χ2n) is 10.8. The molecule has 2 unspecified atom stereocenters. The van der Waals surface area contributed by atoms with Gasteiger partial charge in [0.15, 0.2) is 0 Å². The van der Waals surface area contributed by atoms with Crippen molar-refractivity contribution in [3.63, 3.8) is 0 Å². The second kappa shape index (κ2) is 8.36. The molecule has 0 spiro atoms. The van der Waals surface area contributed by atoms with Gasteiger partial charge in [0.1, 0.15) is 0 Å². The SMILES string of the molecule is CC1=C(c2ccc(C#N)cc2)SC2(C)C1=C1C(=C3C(C)=C(c4ccc(C#N)cc4)SC32C)C(F)(F)C(F)(F)C1(F)F. The van der Waals surface area contributed by atoms with Gasteiger partial charge in [-0.25, -0.2) is 0 Å². The Kier molecular flexibility index (Phi) is 5.67. The van der Waals surface area contributed by atoms with Gasteiger partial charge in [-0.3, -0.25) is 0 Å². The molecule has 10 heteroatoms. The van der Waals surface area contributed by atoms with Crippen LogP contribution in [0.1, 0.15) is 49.9 Å². The lowest BCUT2D eigenvalue weighted by Crippen LogP contribution is -2.49. The van der Waals surface area contributed by atoms with E-state index in [1.807, 2.05) is 12.1 Å². The van der Waals surface area contributed by atoms with Gasteiger partial charge in [0.05, 0.1) is 32.8 Å². The molecule has 0 N–H and O–H groups in total. The first-order chi connectivity index (χ1) is 19.1. The zero-order valence-electron chi connectivity index (χ0n) is 22.1. The highest BCUT2D eigenvalue weighted by molar-refractivity contribution is 8.14. The van der Waals surface area contributed by atoms with Crippen LogP contribution in [-0.4, -0.2) is 27.3 Å². The van der Waals surface area contributed by atoms with Crippen LogP contribution >= 0.6 is 23.5 Å². The average Bonchev–Trinajstić information content (AvgIpc) is 3.41. The van der Waals surface area contributed by atoms with Gasteiger partial charge in [-0.2, -0.15) is 36.9 Å². The fraction of sp³-hybridized carbons (Fsp3) is 0.290. The maximum atomic E-state index is 15.7. The highest BCUT2D eigenvalue weighted by atomic mass is 32.2. The lowest BCUT2D eigenvalue weighted by Gasteiger charge is -2.48. The predicted octanol–water partition coefficient (Wildman–Crippen LogP) is 9.13. The molecule has 0 bridgehead atoms. The van der Waals surface area contributed by atoms with E-state index >= 15 is 26.3 Å². The molecular weight excluding hydrogens is 578 g/mol. The van der Waals surface area contributed by atoms with Crippen molar-refractivity contribution in [3.8, 4) is 12.1 Å². The number of rotatable bonds is 2. The van der Waals surface area contributed by atoms with Crippen molar-refractivity contribution >= 4 is 33.3 Å². The Morgan fingerprint density at radius 2 is 0.878 bits per heavy atom. The molecule has 2 aliphatic heterocycles.